The first-order chi connectivity index (χ1) is 10.1. The summed E-state index contributed by atoms with van der Waals surface area (Å²) in [6.45, 7) is 10.4. The molecule has 1 aliphatic heterocycles. The Balaban J connectivity index is 1.83. The van der Waals surface area contributed by atoms with Gasteiger partial charge in [-0.2, -0.15) is 0 Å². The lowest BCUT2D eigenvalue weighted by Crippen LogP contribution is -2.46. The van der Waals surface area contributed by atoms with Crippen LogP contribution >= 0.6 is 0 Å². The van der Waals surface area contributed by atoms with E-state index < -0.39 is 8.80 Å². The van der Waals surface area contributed by atoms with Crippen LogP contribution in [0.25, 0.3) is 0 Å². The van der Waals surface area contributed by atoms with E-state index in [2.05, 4.69) is 6.92 Å². The smallest absolute Gasteiger partial charge is 0.374 e. The van der Waals surface area contributed by atoms with Gasteiger partial charge in [-0.05, 0) is 58.3 Å². The van der Waals surface area contributed by atoms with E-state index in [4.69, 9.17) is 18.0 Å². The van der Waals surface area contributed by atoms with E-state index in [1.54, 1.807) is 0 Å². The number of fused-ring (bicyclic) bond motifs is 1. The van der Waals surface area contributed by atoms with E-state index in [1.165, 1.54) is 19.3 Å². The third-order valence-corrected chi connectivity index (χ3v) is 7.93. The molecule has 0 N–H and O–H groups in total. The minimum absolute atomic E-state index is 0.568. The van der Waals surface area contributed by atoms with Crippen LogP contribution in [0.15, 0.2) is 0 Å². The summed E-state index contributed by atoms with van der Waals surface area (Å²) < 4.78 is 23.5. The van der Waals surface area contributed by atoms with Crippen molar-refractivity contribution in [3.63, 3.8) is 0 Å². The Bertz CT molecular complexity index is 296. The molecule has 21 heavy (non-hydrogen) atoms. The molecule has 0 aromatic carbocycles. The molecule has 0 aromatic heterocycles. The molecule has 1 saturated heterocycles. The second-order valence-corrected chi connectivity index (χ2v) is 9.02. The van der Waals surface area contributed by atoms with Gasteiger partial charge < -0.3 is 18.0 Å². The first-order valence-electron chi connectivity index (χ1n) is 8.71. The number of ether oxygens (including phenoxy) is 1. The van der Waals surface area contributed by atoms with Gasteiger partial charge >= 0.3 is 8.80 Å². The fourth-order valence-electron chi connectivity index (χ4n) is 3.59. The predicted octanol–water partition coefficient (Wildman–Crippen LogP) is 3.63. The minimum atomic E-state index is -2.46. The highest BCUT2D eigenvalue weighted by Crippen LogP contribution is 2.43. The van der Waals surface area contributed by atoms with E-state index in [0.717, 1.165) is 18.4 Å². The van der Waals surface area contributed by atoms with Crippen molar-refractivity contribution >= 4 is 8.80 Å². The van der Waals surface area contributed by atoms with Gasteiger partial charge in [0.05, 0.1) is 12.2 Å². The fraction of sp³-hybridized carbons (Fsp3) is 1.00. The predicted molar refractivity (Wildman–Crippen MR) is 85.2 cm³/mol. The Morgan fingerprint density at radius 2 is 1.62 bits per heavy atom. The van der Waals surface area contributed by atoms with Crippen molar-refractivity contribution in [2.24, 2.45) is 11.8 Å². The van der Waals surface area contributed by atoms with Crippen LogP contribution in [0, 0.1) is 11.8 Å². The first-order valence-corrected chi connectivity index (χ1v) is 10.6. The highest BCUT2D eigenvalue weighted by molar-refractivity contribution is 6.60. The zero-order valence-electron chi connectivity index (χ0n) is 14.1. The summed E-state index contributed by atoms with van der Waals surface area (Å²) in [5, 5.41) is 0. The van der Waals surface area contributed by atoms with Crippen LogP contribution in [-0.4, -0.2) is 40.8 Å². The van der Waals surface area contributed by atoms with Crippen molar-refractivity contribution in [2.75, 3.05) is 19.8 Å². The Hall–Kier alpha value is 0.0569. The Kier molecular flexibility index (Phi) is 6.68. The first kappa shape index (κ1) is 17.4. The number of epoxide rings is 1. The Labute approximate surface area is 130 Å². The van der Waals surface area contributed by atoms with Crippen molar-refractivity contribution in [3.05, 3.63) is 0 Å². The summed E-state index contributed by atoms with van der Waals surface area (Å²) in [5.74, 6) is 1.49. The lowest BCUT2D eigenvalue weighted by molar-refractivity contribution is 0.0686. The molecule has 5 heteroatoms. The molecule has 2 aliphatic rings. The van der Waals surface area contributed by atoms with Crippen molar-refractivity contribution in [1.82, 2.24) is 0 Å². The van der Waals surface area contributed by atoms with Gasteiger partial charge in [0.15, 0.2) is 0 Å². The molecule has 1 aliphatic carbocycles. The minimum Gasteiger partial charge on any atom is -0.374 e. The molecule has 4 nitrogen and oxygen atoms in total. The average Bonchev–Trinajstić information content (AvgIpc) is 3.24. The third kappa shape index (κ3) is 4.76. The zero-order valence-corrected chi connectivity index (χ0v) is 15.1. The molecule has 2 fully saturated rings. The van der Waals surface area contributed by atoms with Crippen molar-refractivity contribution < 1.29 is 18.0 Å². The topological polar surface area (TPSA) is 40.2 Å². The van der Waals surface area contributed by atoms with Crippen molar-refractivity contribution in [1.29, 1.82) is 0 Å². The highest BCUT2D eigenvalue weighted by atomic mass is 28.4. The largest absolute Gasteiger partial charge is 0.500 e. The van der Waals surface area contributed by atoms with Crippen LogP contribution in [-0.2, 0) is 18.0 Å². The van der Waals surface area contributed by atoms with Crippen LogP contribution in [0.3, 0.4) is 0 Å². The lowest BCUT2D eigenvalue weighted by Gasteiger charge is -2.31. The molecule has 0 amide bonds. The van der Waals surface area contributed by atoms with Gasteiger partial charge in [0, 0.05) is 25.9 Å². The van der Waals surface area contributed by atoms with Crippen molar-refractivity contribution in [2.45, 2.75) is 71.6 Å². The van der Waals surface area contributed by atoms with Crippen LogP contribution in [0.5, 0.6) is 0 Å². The maximum Gasteiger partial charge on any atom is 0.500 e. The van der Waals surface area contributed by atoms with Crippen LogP contribution in [0.4, 0.5) is 0 Å². The summed E-state index contributed by atoms with van der Waals surface area (Å²) in [7, 11) is -2.46. The van der Waals surface area contributed by atoms with Crippen LogP contribution in [0.2, 0.25) is 6.04 Å². The molecule has 0 bridgehead atoms. The molecule has 1 saturated carbocycles. The summed E-state index contributed by atoms with van der Waals surface area (Å²) in [5.41, 5.74) is 0. The standard InChI is InChI=1S/C16H32O4Si/c1-5-17-21(18-6-2,19-7-3)11-10-13(4)14-8-9-15-16(12-14)20-15/h13-16H,5-12H2,1-4H3. The number of hydrogen-bond donors (Lipinski definition) is 0. The zero-order chi connectivity index (χ0) is 15.3. The van der Waals surface area contributed by atoms with Gasteiger partial charge in [0.1, 0.15) is 0 Å². The third-order valence-electron chi connectivity index (χ3n) is 4.85. The Morgan fingerprint density at radius 1 is 1.00 bits per heavy atom. The molecule has 124 valence electrons. The van der Waals surface area contributed by atoms with E-state index in [0.29, 0.717) is 37.9 Å². The summed E-state index contributed by atoms with van der Waals surface area (Å²) in [4.78, 5) is 0. The second kappa shape index (κ2) is 8.06. The van der Waals surface area contributed by atoms with E-state index in [9.17, 15) is 0 Å². The van der Waals surface area contributed by atoms with E-state index in [-0.39, 0.29) is 0 Å². The molecule has 0 aromatic rings. The quantitative estimate of drug-likeness (QED) is 0.456. The normalized spacial score (nSPS) is 30.0. The van der Waals surface area contributed by atoms with Gasteiger partial charge in [-0.3, -0.25) is 0 Å². The monoisotopic (exact) mass is 316 g/mol. The fourth-order valence-corrected chi connectivity index (χ4v) is 6.40. The molecule has 0 spiro atoms. The highest BCUT2D eigenvalue weighted by Gasteiger charge is 2.46. The summed E-state index contributed by atoms with van der Waals surface area (Å²) >= 11 is 0. The van der Waals surface area contributed by atoms with Crippen molar-refractivity contribution in [3.8, 4) is 0 Å². The molecular weight excluding hydrogens is 284 g/mol. The van der Waals surface area contributed by atoms with E-state index >= 15 is 0 Å². The maximum absolute atomic E-state index is 5.95. The molecule has 2 rings (SSSR count). The van der Waals surface area contributed by atoms with E-state index in [1.807, 2.05) is 20.8 Å². The Morgan fingerprint density at radius 3 is 2.14 bits per heavy atom. The van der Waals surface area contributed by atoms with Gasteiger partial charge in [0.25, 0.3) is 0 Å². The van der Waals surface area contributed by atoms with Crippen LogP contribution in [0.1, 0.15) is 53.4 Å². The van der Waals surface area contributed by atoms with Crippen LogP contribution < -0.4 is 0 Å². The van der Waals surface area contributed by atoms with Gasteiger partial charge in [-0.1, -0.05) is 6.92 Å². The summed E-state index contributed by atoms with van der Waals surface area (Å²) in [6, 6.07) is 0.940. The summed E-state index contributed by atoms with van der Waals surface area (Å²) in [6.07, 6.45) is 6.11. The lowest BCUT2D eigenvalue weighted by atomic mass is 9.80. The SMILES string of the molecule is CCO[Si](CCC(C)C1CCC2OC2C1)(OCC)OCC. The molecule has 4 atom stereocenters. The molecule has 4 unspecified atom stereocenters. The molecule has 0 radical (unpaired) electrons. The van der Waals surface area contributed by atoms with Gasteiger partial charge in [-0.15, -0.1) is 0 Å². The maximum atomic E-state index is 5.95. The second-order valence-electron chi connectivity index (χ2n) is 6.28. The number of rotatable bonds is 10. The number of hydrogen-bond acceptors (Lipinski definition) is 4. The van der Waals surface area contributed by atoms with Gasteiger partial charge in [-0.25, -0.2) is 0 Å². The molecular formula is C16H32O4Si. The molecule has 1 heterocycles. The average molecular weight is 317 g/mol. The van der Waals surface area contributed by atoms with Gasteiger partial charge in [0.2, 0.25) is 0 Å².